The van der Waals surface area contributed by atoms with Crippen molar-refractivity contribution in [1.82, 2.24) is 10.6 Å². The summed E-state index contributed by atoms with van der Waals surface area (Å²) in [5.74, 6) is -1.37. The number of esters is 1. The molecule has 2 aromatic carbocycles. The van der Waals surface area contributed by atoms with Gasteiger partial charge in [-0.25, -0.2) is 0 Å². The maximum absolute atomic E-state index is 12.8. The van der Waals surface area contributed by atoms with Crippen molar-refractivity contribution in [2.45, 2.75) is 38.3 Å². The second kappa shape index (κ2) is 12.1. The van der Waals surface area contributed by atoms with Crippen LogP contribution in [-0.4, -0.2) is 24.4 Å². The van der Waals surface area contributed by atoms with E-state index in [0.717, 1.165) is 11.1 Å². The normalized spacial score (nSPS) is 20.8. The lowest BCUT2D eigenvalue weighted by Gasteiger charge is -2.22. The molecule has 2 amide bonds. The van der Waals surface area contributed by atoms with Gasteiger partial charge in [0.2, 0.25) is 11.8 Å². The number of ether oxygens (including phenoxy) is 1. The average molecular weight is 455 g/mol. The molecule has 1 heterocycles. The third-order valence-corrected chi connectivity index (χ3v) is 5.47. The van der Waals surface area contributed by atoms with Crippen LogP contribution in [0.25, 0.3) is 0 Å². The van der Waals surface area contributed by atoms with E-state index in [2.05, 4.69) is 10.6 Å². The number of rotatable bonds is 5. The summed E-state index contributed by atoms with van der Waals surface area (Å²) in [6.45, 7) is 0.372. The zero-order valence-corrected chi connectivity index (χ0v) is 18.5. The smallest absolute Gasteiger partial charge is 0.309 e. The van der Waals surface area contributed by atoms with Gasteiger partial charge in [0, 0.05) is 24.4 Å². The van der Waals surface area contributed by atoms with Crippen molar-refractivity contribution < 1.29 is 19.1 Å². The van der Waals surface area contributed by atoms with Gasteiger partial charge in [-0.15, -0.1) is 0 Å². The predicted molar refractivity (Wildman–Crippen MR) is 123 cm³/mol. The quantitative estimate of drug-likeness (QED) is 0.526. The molecule has 2 aromatic rings. The van der Waals surface area contributed by atoms with Crippen LogP contribution in [0.2, 0.25) is 5.02 Å². The summed E-state index contributed by atoms with van der Waals surface area (Å²) in [5, 5.41) is 6.41. The van der Waals surface area contributed by atoms with E-state index in [9.17, 15) is 14.4 Å². The summed E-state index contributed by atoms with van der Waals surface area (Å²) in [6.07, 6.45) is 5.02. The fourth-order valence-corrected chi connectivity index (χ4v) is 3.54. The van der Waals surface area contributed by atoms with E-state index in [-0.39, 0.29) is 24.8 Å². The lowest BCUT2D eigenvalue weighted by molar-refractivity contribution is -0.151. The molecule has 1 aliphatic rings. The zero-order valence-electron chi connectivity index (χ0n) is 17.8. The molecule has 3 rings (SSSR count). The Kier molecular flexibility index (Phi) is 8.87. The molecule has 0 unspecified atom stereocenters. The van der Waals surface area contributed by atoms with E-state index in [0.29, 0.717) is 30.8 Å². The molecular formula is C25H27ClN2O4. The fourth-order valence-electron chi connectivity index (χ4n) is 3.41. The highest BCUT2D eigenvalue weighted by Crippen LogP contribution is 2.18. The molecule has 0 radical (unpaired) electrons. The molecule has 0 aromatic heterocycles. The Hall–Kier alpha value is -3.12. The maximum atomic E-state index is 12.8. The average Bonchev–Trinajstić information content (AvgIpc) is 2.80. The second-order valence-corrected chi connectivity index (χ2v) is 8.15. The minimum atomic E-state index is -0.594. The molecule has 7 heteroatoms. The zero-order chi connectivity index (χ0) is 22.8. The number of halogens is 1. The Morgan fingerprint density at radius 1 is 1.06 bits per heavy atom. The summed E-state index contributed by atoms with van der Waals surface area (Å²) in [6, 6.07) is 16.2. The van der Waals surface area contributed by atoms with Crippen molar-refractivity contribution in [3.8, 4) is 0 Å². The largest absolute Gasteiger partial charge is 0.463 e. The van der Waals surface area contributed by atoms with Crippen molar-refractivity contribution in [2.75, 3.05) is 6.61 Å². The standard InChI is InChI=1S/C25H27ClN2O4/c26-21-13-11-18(12-14-21)16-27-24(30)15-20-9-5-2-6-10-23(29)28-22(17-32-25(20)31)19-7-3-1-4-8-19/h1-5,7-8,11-14,20,22H,6,9-10,15-17H2,(H,27,30)(H,28,29)/b5-2-/t20-,22+/m0/s1. The summed E-state index contributed by atoms with van der Waals surface area (Å²) < 4.78 is 5.54. The number of amides is 2. The van der Waals surface area contributed by atoms with Gasteiger partial charge in [0.1, 0.15) is 6.61 Å². The number of nitrogens with one attached hydrogen (secondary N) is 2. The molecular weight excluding hydrogens is 428 g/mol. The first-order valence-electron chi connectivity index (χ1n) is 10.7. The van der Waals surface area contributed by atoms with Crippen LogP contribution in [0.15, 0.2) is 66.7 Å². The SMILES string of the molecule is O=C(C[C@@H]1C/C=C\CCC(=O)N[C@@H](c2ccccc2)COC1=O)NCc1ccc(Cl)cc1. The number of allylic oxidation sites excluding steroid dienone is 2. The van der Waals surface area contributed by atoms with Crippen LogP contribution in [0.3, 0.4) is 0 Å². The lowest BCUT2D eigenvalue weighted by Crippen LogP contribution is -2.34. The Morgan fingerprint density at radius 2 is 1.81 bits per heavy atom. The second-order valence-electron chi connectivity index (χ2n) is 7.71. The predicted octanol–water partition coefficient (Wildman–Crippen LogP) is 4.10. The van der Waals surface area contributed by atoms with Crippen LogP contribution >= 0.6 is 11.6 Å². The number of benzene rings is 2. The maximum Gasteiger partial charge on any atom is 0.309 e. The number of carbonyl (C=O) groups excluding carboxylic acids is 3. The van der Waals surface area contributed by atoms with Crippen molar-refractivity contribution in [2.24, 2.45) is 5.92 Å². The van der Waals surface area contributed by atoms with Crippen molar-refractivity contribution >= 4 is 29.4 Å². The molecule has 0 spiro atoms. The van der Waals surface area contributed by atoms with Crippen LogP contribution in [0, 0.1) is 5.92 Å². The highest BCUT2D eigenvalue weighted by atomic mass is 35.5. The number of carbonyl (C=O) groups is 3. The van der Waals surface area contributed by atoms with Gasteiger partial charge in [-0.3, -0.25) is 14.4 Å². The molecule has 2 N–H and O–H groups in total. The molecule has 2 atom stereocenters. The number of hydrogen-bond acceptors (Lipinski definition) is 4. The number of hydrogen-bond donors (Lipinski definition) is 2. The van der Waals surface area contributed by atoms with E-state index in [1.54, 1.807) is 12.1 Å². The minimum Gasteiger partial charge on any atom is -0.463 e. The summed E-state index contributed by atoms with van der Waals surface area (Å²) >= 11 is 5.88. The molecule has 0 fully saturated rings. The molecule has 6 nitrogen and oxygen atoms in total. The lowest BCUT2D eigenvalue weighted by atomic mass is 9.99. The molecule has 168 valence electrons. The topological polar surface area (TPSA) is 84.5 Å². The summed E-state index contributed by atoms with van der Waals surface area (Å²) in [7, 11) is 0. The molecule has 1 aliphatic heterocycles. The summed E-state index contributed by atoms with van der Waals surface area (Å²) in [5.41, 5.74) is 1.78. The highest BCUT2D eigenvalue weighted by Gasteiger charge is 2.25. The van der Waals surface area contributed by atoms with Gasteiger partial charge in [-0.2, -0.15) is 0 Å². The van der Waals surface area contributed by atoms with Crippen molar-refractivity contribution in [3.05, 3.63) is 82.9 Å². The van der Waals surface area contributed by atoms with Gasteiger partial charge in [0.05, 0.1) is 12.0 Å². The summed E-state index contributed by atoms with van der Waals surface area (Å²) in [4.78, 5) is 37.5. The molecule has 0 bridgehead atoms. The van der Waals surface area contributed by atoms with E-state index in [1.165, 1.54) is 0 Å². The van der Waals surface area contributed by atoms with Gasteiger partial charge >= 0.3 is 5.97 Å². The van der Waals surface area contributed by atoms with Gasteiger partial charge < -0.3 is 15.4 Å². The van der Waals surface area contributed by atoms with Crippen LogP contribution < -0.4 is 10.6 Å². The van der Waals surface area contributed by atoms with E-state index < -0.39 is 17.9 Å². The molecule has 0 saturated carbocycles. The Balaban J connectivity index is 1.62. The first-order chi connectivity index (χ1) is 15.5. The first-order valence-corrected chi connectivity index (χ1v) is 11.1. The number of cyclic esters (lactones) is 1. The van der Waals surface area contributed by atoms with E-state index in [4.69, 9.17) is 16.3 Å². The van der Waals surface area contributed by atoms with Gasteiger partial charge in [-0.05, 0) is 36.1 Å². The molecule has 32 heavy (non-hydrogen) atoms. The fraction of sp³-hybridized carbons (Fsp3) is 0.320. The molecule has 0 saturated heterocycles. The molecule has 0 aliphatic carbocycles. The van der Waals surface area contributed by atoms with Crippen LogP contribution in [0.1, 0.15) is 42.9 Å². The van der Waals surface area contributed by atoms with Crippen LogP contribution in [0.4, 0.5) is 0 Å². The first kappa shape index (κ1) is 23.5. The Morgan fingerprint density at radius 3 is 2.56 bits per heavy atom. The van der Waals surface area contributed by atoms with E-state index >= 15 is 0 Å². The van der Waals surface area contributed by atoms with Gasteiger partial charge in [-0.1, -0.05) is 66.2 Å². The third kappa shape index (κ3) is 7.54. The van der Waals surface area contributed by atoms with Gasteiger partial charge in [0.25, 0.3) is 0 Å². The third-order valence-electron chi connectivity index (χ3n) is 5.22. The van der Waals surface area contributed by atoms with Crippen LogP contribution in [0.5, 0.6) is 0 Å². The van der Waals surface area contributed by atoms with Crippen LogP contribution in [-0.2, 0) is 25.7 Å². The Labute approximate surface area is 193 Å². The van der Waals surface area contributed by atoms with Crippen molar-refractivity contribution in [3.63, 3.8) is 0 Å². The van der Waals surface area contributed by atoms with Gasteiger partial charge in [0.15, 0.2) is 0 Å². The Bertz CT molecular complexity index is 944. The van der Waals surface area contributed by atoms with Crippen molar-refractivity contribution in [1.29, 1.82) is 0 Å². The van der Waals surface area contributed by atoms with E-state index in [1.807, 2.05) is 54.6 Å². The monoisotopic (exact) mass is 454 g/mol. The minimum absolute atomic E-state index is 0.0151. The highest BCUT2D eigenvalue weighted by molar-refractivity contribution is 6.30.